The third kappa shape index (κ3) is 1.84. The Morgan fingerprint density at radius 2 is 2.00 bits per heavy atom. The maximum Gasteiger partial charge on any atom is 0.336 e. The molecule has 1 aliphatic heterocycles. The van der Waals surface area contributed by atoms with Crippen molar-refractivity contribution in [3.05, 3.63) is 52.4 Å². The molecule has 2 atom stereocenters. The van der Waals surface area contributed by atoms with E-state index in [1.807, 2.05) is 13.0 Å². The second-order valence-corrected chi connectivity index (χ2v) is 5.16. The molecule has 0 amide bonds. The fraction of sp³-hybridized carbons (Fsp3) is 0.250. The van der Waals surface area contributed by atoms with Crippen LogP contribution in [-0.4, -0.2) is 11.9 Å². The van der Waals surface area contributed by atoms with E-state index < -0.39 is 5.63 Å². The van der Waals surface area contributed by atoms with Crippen LogP contribution in [0.4, 0.5) is 0 Å². The van der Waals surface area contributed by atoms with Crippen LogP contribution in [0.2, 0.25) is 0 Å². The van der Waals surface area contributed by atoms with Crippen LogP contribution in [0.15, 0.2) is 45.6 Å². The van der Waals surface area contributed by atoms with Gasteiger partial charge in [-0.15, -0.1) is 0 Å². The van der Waals surface area contributed by atoms with Crippen molar-refractivity contribution in [3.63, 3.8) is 0 Å². The second kappa shape index (κ2) is 4.34. The third-order valence-electron chi connectivity index (χ3n) is 3.57. The smallest absolute Gasteiger partial charge is 0.336 e. The van der Waals surface area contributed by atoms with Crippen LogP contribution in [0.5, 0.6) is 5.75 Å². The minimum absolute atomic E-state index is 0.0356. The lowest BCUT2D eigenvalue weighted by molar-refractivity contribution is -0.119. The zero-order chi connectivity index (χ0) is 14.4. The van der Waals surface area contributed by atoms with Gasteiger partial charge in [-0.25, -0.2) is 4.79 Å². The summed E-state index contributed by atoms with van der Waals surface area (Å²) in [6.45, 7) is 7.28. The Morgan fingerprint density at radius 1 is 1.25 bits per heavy atom. The van der Waals surface area contributed by atoms with Gasteiger partial charge in [-0.1, -0.05) is 6.58 Å². The standard InChI is InChI=1S/C16H14O4/c1-8(2)16-15(9(3)17)11-6-10-4-5-14(18)19-12(10)7-13(11)20-16/h4-7,15-16H,1H2,2-3H3/t15-,16-/m0/s1. The van der Waals surface area contributed by atoms with Gasteiger partial charge in [0.05, 0.1) is 5.92 Å². The molecular weight excluding hydrogens is 256 g/mol. The van der Waals surface area contributed by atoms with Crippen molar-refractivity contribution in [3.8, 4) is 5.75 Å². The Hall–Kier alpha value is -2.36. The predicted molar refractivity (Wildman–Crippen MR) is 75.1 cm³/mol. The fourth-order valence-corrected chi connectivity index (χ4v) is 2.64. The summed E-state index contributed by atoms with van der Waals surface area (Å²) >= 11 is 0. The van der Waals surface area contributed by atoms with Crippen molar-refractivity contribution in [2.45, 2.75) is 25.9 Å². The average Bonchev–Trinajstić information content (AvgIpc) is 2.74. The minimum atomic E-state index is -0.407. The van der Waals surface area contributed by atoms with Crippen molar-refractivity contribution in [2.75, 3.05) is 0 Å². The number of rotatable bonds is 2. The number of Topliss-reactive ketones (excluding diaryl/α,β-unsaturated/α-hetero) is 1. The van der Waals surface area contributed by atoms with Gasteiger partial charge in [0.1, 0.15) is 23.2 Å². The molecule has 0 saturated heterocycles. The Morgan fingerprint density at radius 3 is 2.65 bits per heavy atom. The molecule has 0 saturated carbocycles. The summed E-state index contributed by atoms with van der Waals surface area (Å²) < 4.78 is 10.9. The summed E-state index contributed by atoms with van der Waals surface area (Å²) in [5, 5.41) is 0.778. The molecule has 1 aromatic heterocycles. The van der Waals surface area contributed by atoms with Crippen LogP contribution in [0.1, 0.15) is 25.3 Å². The molecule has 0 fully saturated rings. The molecule has 4 heteroatoms. The number of carbonyl (C=O) groups excluding carboxylic acids is 1. The maximum atomic E-state index is 11.9. The first kappa shape index (κ1) is 12.7. The van der Waals surface area contributed by atoms with Gasteiger partial charge in [0.15, 0.2) is 0 Å². The average molecular weight is 270 g/mol. The number of fused-ring (bicyclic) bond motifs is 2. The van der Waals surface area contributed by atoms with Crippen molar-refractivity contribution in [1.82, 2.24) is 0 Å². The molecule has 0 bridgehead atoms. The minimum Gasteiger partial charge on any atom is -0.485 e. The normalized spacial score (nSPS) is 20.5. The van der Waals surface area contributed by atoms with E-state index in [2.05, 4.69) is 6.58 Å². The third-order valence-corrected chi connectivity index (χ3v) is 3.57. The summed E-state index contributed by atoms with van der Waals surface area (Å²) in [7, 11) is 0. The summed E-state index contributed by atoms with van der Waals surface area (Å²) in [5.41, 5.74) is 1.68. The molecule has 102 valence electrons. The van der Waals surface area contributed by atoms with Gasteiger partial charge < -0.3 is 9.15 Å². The van der Waals surface area contributed by atoms with Gasteiger partial charge in [0.2, 0.25) is 0 Å². The number of hydrogen-bond donors (Lipinski definition) is 0. The zero-order valence-electron chi connectivity index (χ0n) is 11.3. The number of hydrogen-bond acceptors (Lipinski definition) is 4. The van der Waals surface area contributed by atoms with Gasteiger partial charge in [0.25, 0.3) is 0 Å². The molecule has 3 rings (SSSR count). The molecule has 0 aliphatic carbocycles. The number of ketones is 1. The number of carbonyl (C=O) groups is 1. The Balaban J connectivity index is 2.23. The van der Waals surface area contributed by atoms with Crippen molar-refractivity contribution < 1.29 is 13.9 Å². The van der Waals surface area contributed by atoms with Gasteiger partial charge in [-0.2, -0.15) is 0 Å². The molecule has 0 radical (unpaired) electrons. The summed E-state index contributed by atoms with van der Waals surface area (Å²) in [6.07, 6.45) is -0.356. The molecule has 4 nitrogen and oxygen atoms in total. The van der Waals surface area contributed by atoms with E-state index >= 15 is 0 Å². The van der Waals surface area contributed by atoms with Crippen LogP contribution >= 0.6 is 0 Å². The Kier molecular flexibility index (Phi) is 2.74. The van der Waals surface area contributed by atoms with E-state index in [4.69, 9.17) is 9.15 Å². The number of benzene rings is 1. The summed E-state index contributed by atoms with van der Waals surface area (Å²) in [5.74, 6) is 0.271. The van der Waals surface area contributed by atoms with Crippen molar-refractivity contribution in [2.24, 2.45) is 0 Å². The Bertz CT molecular complexity index is 785. The fourth-order valence-electron chi connectivity index (χ4n) is 2.64. The molecule has 0 unspecified atom stereocenters. The van der Waals surface area contributed by atoms with E-state index in [9.17, 15) is 9.59 Å². The largest absolute Gasteiger partial charge is 0.485 e. The Labute approximate surface area is 115 Å². The molecule has 2 heterocycles. The van der Waals surface area contributed by atoms with E-state index in [-0.39, 0.29) is 17.8 Å². The second-order valence-electron chi connectivity index (χ2n) is 5.16. The highest BCUT2D eigenvalue weighted by atomic mass is 16.5. The lowest BCUT2D eigenvalue weighted by atomic mass is 9.88. The van der Waals surface area contributed by atoms with Crippen LogP contribution in [0.3, 0.4) is 0 Å². The molecule has 0 N–H and O–H groups in total. The lowest BCUT2D eigenvalue weighted by Crippen LogP contribution is -2.24. The monoisotopic (exact) mass is 270 g/mol. The quantitative estimate of drug-likeness (QED) is 0.622. The molecule has 1 aliphatic rings. The van der Waals surface area contributed by atoms with E-state index in [0.29, 0.717) is 11.3 Å². The van der Waals surface area contributed by atoms with Gasteiger partial charge in [-0.3, -0.25) is 4.79 Å². The SMILES string of the molecule is C=C(C)[C@@H]1Oc2cc3oc(=O)ccc3cc2[C@@H]1C(C)=O. The van der Waals surface area contributed by atoms with Crippen molar-refractivity contribution in [1.29, 1.82) is 0 Å². The van der Waals surface area contributed by atoms with E-state index in [0.717, 1.165) is 16.5 Å². The first-order valence-electron chi connectivity index (χ1n) is 6.37. The van der Waals surface area contributed by atoms with Crippen LogP contribution in [-0.2, 0) is 4.79 Å². The van der Waals surface area contributed by atoms with Gasteiger partial charge in [0, 0.05) is 23.1 Å². The molecule has 2 aromatic rings. The summed E-state index contributed by atoms with van der Waals surface area (Å²) in [6, 6.07) is 6.57. The predicted octanol–water partition coefficient (Wildman–Crippen LogP) is 2.80. The van der Waals surface area contributed by atoms with E-state index in [1.165, 1.54) is 6.07 Å². The van der Waals surface area contributed by atoms with Crippen LogP contribution < -0.4 is 10.4 Å². The van der Waals surface area contributed by atoms with Gasteiger partial charge >= 0.3 is 5.63 Å². The van der Waals surface area contributed by atoms with Crippen molar-refractivity contribution >= 4 is 16.8 Å². The highest BCUT2D eigenvalue weighted by Gasteiger charge is 2.38. The first-order chi connectivity index (χ1) is 9.47. The van der Waals surface area contributed by atoms with Crippen LogP contribution in [0, 0.1) is 0 Å². The van der Waals surface area contributed by atoms with Gasteiger partial charge in [-0.05, 0) is 31.6 Å². The topological polar surface area (TPSA) is 56.5 Å². The van der Waals surface area contributed by atoms with Crippen LogP contribution in [0.25, 0.3) is 11.0 Å². The van der Waals surface area contributed by atoms with E-state index in [1.54, 1.807) is 19.1 Å². The lowest BCUT2D eigenvalue weighted by Gasteiger charge is -2.16. The number of ether oxygens (including phenoxy) is 1. The first-order valence-corrected chi connectivity index (χ1v) is 6.37. The highest BCUT2D eigenvalue weighted by molar-refractivity contribution is 5.89. The highest BCUT2D eigenvalue weighted by Crippen LogP contribution is 2.42. The summed E-state index contributed by atoms with van der Waals surface area (Å²) in [4.78, 5) is 23.2. The molecule has 0 spiro atoms. The maximum absolute atomic E-state index is 11.9. The zero-order valence-corrected chi connectivity index (χ0v) is 11.3. The molecule has 1 aromatic carbocycles. The molecular formula is C16H14O4. The molecule has 20 heavy (non-hydrogen) atoms.